The number of nitrogens with one attached hydrogen (secondary N) is 1. The molecule has 7 heteroatoms. The Labute approximate surface area is 139 Å². The molecule has 0 aliphatic heterocycles. The van der Waals surface area contributed by atoms with Crippen LogP contribution in [-0.4, -0.2) is 32.8 Å². The van der Waals surface area contributed by atoms with Gasteiger partial charge in [-0.1, -0.05) is 12.1 Å². The van der Waals surface area contributed by atoms with Crippen molar-refractivity contribution in [2.75, 3.05) is 12.4 Å². The van der Waals surface area contributed by atoms with Crippen LogP contribution in [0.5, 0.6) is 5.75 Å². The summed E-state index contributed by atoms with van der Waals surface area (Å²) in [6.45, 7) is 0. The lowest BCUT2D eigenvalue weighted by Crippen LogP contribution is -2.13. The standard InChI is InChI=1S/C17H17N5O2/c1-24-15-6-3-13(4-7-15)5-8-16(23)21-14-11-18-17(19-12-14)22-10-2-9-20-22/h2-4,6-7,9-12H,5,8H2,1H3,(H,21,23). The average Bonchev–Trinajstić information content (AvgIpc) is 3.16. The van der Waals surface area contributed by atoms with Crippen LogP contribution in [-0.2, 0) is 11.2 Å². The molecule has 0 radical (unpaired) electrons. The van der Waals surface area contributed by atoms with Crippen molar-refractivity contribution in [1.82, 2.24) is 19.7 Å². The Kier molecular flexibility index (Phi) is 4.81. The monoisotopic (exact) mass is 323 g/mol. The molecule has 0 saturated carbocycles. The third-order valence-corrected chi connectivity index (χ3v) is 3.43. The molecule has 2 heterocycles. The third kappa shape index (κ3) is 3.95. The highest BCUT2D eigenvalue weighted by molar-refractivity contribution is 5.90. The van der Waals surface area contributed by atoms with Crippen molar-refractivity contribution in [3.05, 3.63) is 60.7 Å². The van der Waals surface area contributed by atoms with Crippen LogP contribution in [0.4, 0.5) is 5.69 Å². The van der Waals surface area contributed by atoms with Crippen molar-refractivity contribution in [3.63, 3.8) is 0 Å². The van der Waals surface area contributed by atoms with E-state index >= 15 is 0 Å². The maximum atomic E-state index is 12.0. The van der Waals surface area contributed by atoms with Gasteiger partial charge in [0.25, 0.3) is 5.95 Å². The molecule has 1 aromatic carbocycles. The molecule has 0 spiro atoms. The Morgan fingerprint density at radius 1 is 1.21 bits per heavy atom. The van der Waals surface area contributed by atoms with E-state index in [4.69, 9.17) is 4.74 Å². The SMILES string of the molecule is COc1ccc(CCC(=O)Nc2cnc(-n3cccn3)nc2)cc1. The highest BCUT2D eigenvalue weighted by Gasteiger charge is 2.05. The summed E-state index contributed by atoms with van der Waals surface area (Å²) in [7, 11) is 1.63. The van der Waals surface area contributed by atoms with Gasteiger partial charge in [0.2, 0.25) is 5.91 Å². The van der Waals surface area contributed by atoms with Gasteiger partial charge >= 0.3 is 0 Å². The predicted molar refractivity (Wildman–Crippen MR) is 89.1 cm³/mol. The summed E-state index contributed by atoms with van der Waals surface area (Å²) in [5.74, 6) is 1.18. The van der Waals surface area contributed by atoms with Gasteiger partial charge in [0.1, 0.15) is 5.75 Å². The molecule has 0 aliphatic carbocycles. The van der Waals surface area contributed by atoms with Crippen molar-refractivity contribution in [2.45, 2.75) is 12.8 Å². The zero-order valence-corrected chi connectivity index (χ0v) is 13.2. The molecule has 0 aliphatic rings. The minimum absolute atomic E-state index is 0.0822. The fourth-order valence-electron chi connectivity index (χ4n) is 2.16. The molecule has 122 valence electrons. The molecule has 3 rings (SSSR count). The molecule has 7 nitrogen and oxygen atoms in total. The molecule has 3 aromatic rings. The number of aromatic nitrogens is 4. The fourth-order valence-corrected chi connectivity index (χ4v) is 2.16. The molecule has 0 fully saturated rings. The van der Waals surface area contributed by atoms with Gasteiger partial charge in [-0.05, 0) is 30.2 Å². The number of aryl methyl sites for hydroxylation is 1. The summed E-state index contributed by atoms with van der Waals surface area (Å²) in [6, 6.07) is 9.46. The molecule has 0 unspecified atom stereocenters. The number of hydrogen-bond donors (Lipinski definition) is 1. The molecule has 24 heavy (non-hydrogen) atoms. The van der Waals surface area contributed by atoms with E-state index in [0.29, 0.717) is 24.5 Å². The minimum atomic E-state index is -0.0822. The van der Waals surface area contributed by atoms with E-state index in [1.54, 1.807) is 42.6 Å². The van der Waals surface area contributed by atoms with E-state index in [1.807, 2.05) is 24.3 Å². The number of ether oxygens (including phenoxy) is 1. The Hall–Kier alpha value is -3.22. The van der Waals surface area contributed by atoms with Crippen LogP contribution < -0.4 is 10.1 Å². The van der Waals surface area contributed by atoms with Gasteiger partial charge in [-0.15, -0.1) is 0 Å². The Morgan fingerprint density at radius 3 is 2.58 bits per heavy atom. The summed E-state index contributed by atoms with van der Waals surface area (Å²) < 4.78 is 6.66. The van der Waals surface area contributed by atoms with Crippen LogP contribution in [0, 0.1) is 0 Å². The van der Waals surface area contributed by atoms with Gasteiger partial charge in [-0.3, -0.25) is 4.79 Å². The number of methoxy groups -OCH3 is 1. The van der Waals surface area contributed by atoms with Crippen molar-refractivity contribution < 1.29 is 9.53 Å². The Balaban J connectivity index is 1.52. The third-order valence-electron chi connectivity index (χ3n) is 3.43. The zero-order valence-electron chi connectivity index (χ0n) is 13.2. The van der Waals surface area contributed by atoms with E-state index in [9.17, 15) is 4.79 Å². The second kappa shape index (κ2) is 7.36. The first-order valence-electron chi connectivity index (χ1n) is 7.49. The van der Waals surface area contributed by atoms with E-state index in [0.717, 1.165) is 11.3 Å². The van der Waals surface area contributed by atoms with E-state index in [1.165, 1.54) is 0 Å². The molecule has 0 saturated heterocycles. The summed E-state index contributed by atoms with van der Waals surface area (Å²) in [4.78, 5) is 20.4. The van der Waals surface area contributed by atoms with Gasteiger partial charge in [0.05, 0.1) is 25.2 Å². The molecule has 2 aromatic heterocycles. The number of hydrogen-bond acceptors (Lipinski definition) is 5. The van der Waals surface area contributed by atoms with E-state index in [-0.39, 0.29) is 5.91 Å². The Bertz CT molecular complexity index is 783. The zero-order chi connectivity index (χ0) is 16.8. The van der Waals surface area contributed by atoms with Gasteiger partial charge in [-0.25, -0.2) is 14.6 Å². The van der Waals surface area contributed by atoms with Gasteiger partial charge in [0, 0.05) is 18.8 Å². The van der Waals surface area contributed by atoms with Crippen LogP contribution in [0.25, 0.3) is 5.95 Å². The lowest BCUT2D eigenvalue weighted by atomic mass is 10.1. The van der Waals surface area contributed by atoms with Crippen molar-refractivity contribution >= 4 is 11.6 Å². The van der Waals surface area contributed by atoms with Crippen LogP contribution in [0.2, 0.25) is 0 Å². The lowest BCUT2D eigenvalue weighted by Gasteiger charge is -2.06. The van der Waals surface area contributed by atoms with Gasteiger partial charge in [0.15, 0.2) is 0 Å². The molecule has 1 amide bonds. The first kappa shape index (κ1) is 15.7. The fraction of sp³-hybridized carbons (Fsp3) is 0.176. The summed E-state index contributed by atoms with van der Waals surface area (Å²) in [5.41, 5.74) is 1.64. The minimum Gasteiger partial charge on any atom is -0.497 e. The number of rotatable bonds is 6. The number of benzene rings is 1. The lowest BCUT2D eigenvalue weighted by molar-refractivity contribution is -0.116. The smallest absolute Gasteiger partial charge is 0.250 e. The maximum Gasteiger partial charge on any atom is 0.250 e. The highest BCUT2D eigenvalue weighted by Crippen LogP contribution is 2.13. The predicted octanol–water partition coefficient (Wildman–Crippen LogP) is 2.24. The topological polar surface area (TPSA) is 81.9 Å². The largest absolute Gasteiger partial charge is 0.497 e. The summed E-state index contributed by atoms with van der Waals surface area (Å²) in [5, 5.41) is 6.84. The van der Waals surface area contributed by atoms with Crippen molar-refractivity contribution in [2.24, 2.45) is 0 Å². The molecule has 0 atom stereocenters. The maximum absolute atomic E-state index is 12.0. The quantitative estimate of drug-likeness (QED) is 0.752. The summed E-state index contributed by atoms with van der Waals surface area (Å²) >= 11 is 0. The van der Waals surface area contributed by atoms with Crippen LogP contribution in [0.15, 0.2) is 55.1 Å². The highest BCUT2D eigenvalue weighted by atomic mass is 16.5. The van der Waals surface area contributed by atoms with Gasteiger partial charge in [-0.2, -0.15) is 5.10 Å². The second-order valence-corrected chi connectivity index (χ2v) is 5.12. The number of carbonyl (C=O) groups excluding carboxylic acids is 1. The van der Waals surface area contributed by atoms with E-state index < -0.39 is 0 Å². The number of nitrogens with zero attached hydrogens (tertiary/aromatic N) is 4. The molecule has 1 N–H and O–H groups in total. The summed E-state index contributed by atoms with van der Waals surface area (Å²) in [6.07, 6.45) is 7.57. The van der Waals surface area contributed by atoms with Crippen LogP contribution in [0.3, 0.4) is 0 Å². The van der Waals surface area contributed by atoms with Gasteiger partial charge < -0.3 is 10.1 Å². The first-order valence-corrected chi connectivity index (χ1v) is 7.49. The molecule has 0 bridgehead atoms. The normalized spacial score (nSPS) is 10.4. The number of carbonyl (C=O) groups is 1. The molecular weight excluding hydrogens is 306 g/mol. The Morgan fingerprint density at radius 2 is 1.96 bits per heavy atom. The van der Waals surface area contributed by atoms with Crippen molar-refractivity contribution in [3.8, 4) is 11.7 Å². The van der Waals surface area contributed by atoms with E-state index in [2.05, 4.69) is 20.4 Å². The van der Waals surface area contributed by atoms with Crippen LogP contribution >= 0.6 is 0 Å². The number of amides is 1. The second-order valence-electron chi connectivity index (χ2n) is 5.12. The first-order chi connectivity index (χ1) is 11.7. The molecular formula is C17H17N5O2. The average molecular weight is 323 g/mol. The number of anilines is 1. The van der Waals surface area contributed by atoms with Crippen molar-refractivity contribution in [1.29, 1.82) is 0 Å². The van der Waals surface area contributed by atoms with Crippen LogP contribution in [0.1, 0.15) is 12.0 Å².